The molecule has 0 heterocycles. The summed E-state index contributed by atoms with van der Waals surface area (Å²) >= 11 is 0. The standard InChI is InChI=1S/C7H8OSi2/c1-6-4-2-3-5-7(6)10(8)9/h2-5,8H,1H3. The zero-order chi connectivity index (χ0) is 7.56. The Labute approximate surface area is 65.7 Å². The normalized spacial score (nSPS) is 10.4. The maximum absolute atomic E-state index is 9.22. The van der Waals surface area contributed by atoms with Crippen molar-refractivity contribution in [1.29, 1.82) is 0 Å². The molecule has 1 aromatic carbocycles. The first-order valence-corrected chi connectivity index (χ1v) is 6.00. The van der Waals surface area contributed by atoms with E-state index in [1.165, 1.54) is 0 Å². The van der Waals surface area contributed by atoms with Crippen LogP contribution in [-0.4, -0.2) is 23.1 Å². The Morgan fingerprint density at radius 3 is 2.40 bits per heavy atom. The van der Waals surface area contributed by atoms with Crippen LogP contribution in [0.5, 0.6) is 0 Å². The van der Waals surface area contributed by atoms with Gasteiger partial charge in [0.05, 0.1) is 9.76 Å². The lowest BCUT2D eigenvalue weighted by Crippen LogP contribution is -2.32. The van der Waals surface area contributed by atoms with Gasteiger partial charge in [0.2, 0.25) is 8.56 Å². The highest BCUT2D eigenvalue weighted by atomic mass is 29.2. The predicted octanol–water partition coefficient (Wildman–Crippen LogP) is -0.149. The summed E-state index contributed by atoms with van der Waals surface area (Å²) in [6, 6.07) is 7.84. The largest absolute Gasteiger partial charge is 0.430 e. The summed E-state index contributed by atoms with van der Waals surface area (Å²) in [5.74, 6) is 0. The third-order valence-corrected chi connectivity index (χ3v) is 3.28. The Morgan fingerprint density at radius 2 is 2.00 bits per heavy atom. The molecule has 0 spiro atoms. The summed E-state index contributed by atoms with van der Waals surface area (Å²) < 4.78 is 0. The van der Waals surface area contributed by atoms with Crippen molar-refractivity contribution in [2.75, 3.05) is 0 Å². The molecule has 1 aromatic rings. The summed E-state index contributed by atoms with van der Waals surface area (Å²) in [5, 5.41) is 1.03. The van der Waals surface area contributed by atoms with Crippen LogP contribution in [0.2, 0.25) is 0 Å². The number of aryl methyl sites for hydroxylation is 1. The van der Waals surface area contributed by atoms with Gasteiger partial charge < -0.3 is 4.80 Å². The van der Waals surface area contributed by atoms with E-state index in [4.69, 9.17) is 0 Å². The van der Waals surface area contributed by atoms with Crippen LogP contribution in [0.4, 0.5) is 0 Å². The summed E-state index contributed by atoms with van der Waals surface area (Å²) in [5.41, 5.74) is 1.15. The van der Waals surface area contributed by atoms with Crippen molar-refractivity contribution in [3.8, 4) is 0 Å². The van der Waals surface area contributed by atoms with E-state index < -0.39 is 8.56 Å². The zero-order valence-electron chi connectivity index (χ0n) is 5.76. The van der Waals surface area contributed by atoms with Gasteiger partial charge in [-0.3, -0.25) is 0 Å². The fourth-order valence-electron chi connectivity index (χ4n) is 0.839. The van der Waals surface area contributed by atoms with Crippen LogP contribution in [0.3, 0.4) is 0 Å². The fourth-order valence-corrected chi connectivity index (χ4v) is 2.39. The number of hydrogen-bond donors (Lipinski definition) is 1. The van der Waals surface area contributed by atoms with E-state index in [1.54, 1.807) is 0 Å². The van der Waals surface area contributed by atoms with Crippen LogP contribution in [0.15, 0.2) is 24.3 Å². The summed E-state index contributed by atoms with van der Waals surface area (Å²) in [7, 11) is 1.80. The van der Waals surface area contributed by atoms with E-state index in [1.807, 2.05) is 31.2 Å². The quantitative estimate of drug-likeness (QED) is 0.572. The molecule has 1 nitrogen and oxygen atoms in total. The third-order valence-electron chi connectivity index (χ3n) is 1.40. The molecule has 0 aliphatic rings. The number of hydrogen-bond acceptors (Lipinski definition) is 1. The van der Waals surface area contributed by atoms with Gasteiger partial charge in [0, 0.05) is 0 Å². The molecule has 50 valence electrons. The number of benzene rings is 1. The minimum Gasteiger partial charge on any atom is -0.430 e. The first kappa shape index (κ1) is 7.72. The smallest absolute Gasteiger partial charge is 0.216 e. The van der Waals surface area contributed by atoms with Gasteiger partial charge in [-0.05, 0) is 17.7 Å². The third kappa shape index (κ3) is 1.56. The second-order valence-corrected chi connectivity index (χ2v) is 4.82. The lowest BCUT2D eigenvalue weighted by atomic mass is 10.2. The Bertz CT molecular complexity index is 223. The maximum atomic E-state index is 9.22. The van der Waals surface area contributed by atoms with E-state index >= 15 is 0 Å². The summed E-state index contributed by atoms with van der Waals surface area (Å²) in [4.78, 5) is 9.22. The molecule has 0 saturated heterocycles. The van der Waals surface area contributed by atoms with E-state index in [9.17, 15) is 4.80 Å². The van der Waals surface area contributed by atoms with Gasteiger partial charge in [0.25, 0.3) is 0 Å². The monoisotopic (exact) mass is 164 g/mol. The van der Waals surface area contributed by atoms with Crippen LogP contribution in [0, 0.1) is 6.92 Å². The molecular weight excluding hydrogens is 156 g/mol. The van der Waals surface area contributed by atoms with Gasteiger partial charge in [-0.25, -0.2) is 0 Å². The van der Waals surface area contributed by atoms with E-state index in [0.717, 1.165) is 10.8 Å². The van der Waals surface area contributed by atoms with Crippen molar-refractivity contribution in [3.05, 3.63) is 29.8 Å². The van der Waals surface area contributed by atoms with Gasteiger partial charge in [0.1, 0.15) is 0 Å². The Hall–Kier alpha value is -0.386. The molecule has 1 N–H and O–H groups in total. The van der Waals surface area contributed by atoms with Gasteiger partial charge in [-0.1, -0.05) is 24.3 Å². The van der Waals surface area contributed by atoms with Crippen molar-refractivity contribution in [2.24, 2.45) is 0 Å². The van der Waals surface area contributed by atoms with Gasteiger partial charge >= 0.3 is 0 Å². The minimum absolute atomic E-state index is 1.03. The Kier molecular flexibility index (Phi) is 2.42. The van der Waals surface area contributed by atoms with E-state index in [2.05, 4.69) is 9.76 Å². The molecule has 0 fully saturated rings. The van der Waals surface area contributed by atoms with E-state index in [0.29, 0.717) is 0 Å². The Morgan fingerprint density at radius 1 is 1.40 bits per heavy atom. The molecule has 1 rings (SSSR count). The summed E-state index contributed by atoms with van der Waals surface area (Å²) in [6.07, 6.45) is 0. The van der Waals surface area contributed by atoms with Gasteiger partial charge in [-0.15, -0.1) is 0 Å². The first-order chi connectivity index (χ1) is 4.72. The van der Waals surface area contributed by atoms with Crippen LogP contribution in [0.1, 0.15) is 5.56 Å². The molecule has 0 aromatic heterocycles. The molecule has 10 heavy (non-hydrogen) atoms. The molecule has 0 saturated carbocycles. The predicted molar refractivity (Wildman–Crippen MR) is 44.5 cm³/mol. The average molecular weight is 164 g/mol. The highest BCUT2D eigenvalue weighted by Crippen LogP contribution is 1.92. The van der Waals surface area contributed by atoms with Crippen molar-refractivity contribution >= 4 is 23.5 Å². The van der Waals surface area contributed by atoms with Crippen LogP contribution >= 0.6 is 0 Å². The lowest BCUT2D eigenvalue weighted by Gasteiger charge is -2.04. The topological polar surface area (TPSA) is 20.2 Å². The number of rotatable bonds is 1. The molecule has 0 aliphatic carbocycles. The van der Waals surface area contributed by atoms with Crippen LogP contribution < -0.4 is 5.19 Å². The van der Waals surface area contributed by atoms with Crippen LogP contribution in [0.25, 0.3) is 0 Å². The SMILES string of the molecule is Cc1ccccc1[Si](O)[Si]. The fraction of sp³-hybridized carbons (Fsp3) is 0.143. The highest BCUT2D eigenvalue weighted by molar-refractivity contribution is 7.06. The molecule has 0 amide bonds. The second-order valence-electron chi connectivity index (χ2n) is 2.16. The van der Waals surface area contributed by atoms with Crippen LogP contribution in [-0.2, 0) is 0 Å². The van der Waals surface area contributed by atoms with Gasteiger partial charge in [0.15, 0.2) is 0 Å². The molecule has 0 bridgehead atoms. The Balaban J connectivity index is 3.03. The van der Waals surface area contributed by atoms with Crippen molar-refractivity contribution in [1.82, 2.24) is 0 Å². The minimum atomic E-state index is -1.44. The molecular formula is C7H8OSi2. The molecule has 0 aliphatic heterocycles. The van der Waals surface area contributed by atoms with E-state index in [-0.39, 0.29) is 0 Å². The van der Waals surface area contributed by atoms with Gasteiger partial charge in [-0.2, -0.15) is 0 Å². The maximum Gasteiger partial charge on any atom is 0.216 e. The lowest BCUT2D eigenvalue weighted by molar-refractivity contribution is 0.607. The van der Waals surface area contributed by atoms with Crippen molar-refractivity contribution in [3.63, 3.8) is 0 Å². The highest BCUT2D eigenvalue weighted by Gasteiger charge is 2.04. The zero-order valence-corrected chi connectivity index (χ0v) is 7.76. The van der Waals surface area contributed by atoms with Crippen molar-refractivity contribution < 1.29 is 4.80 Å². The molecule has 3 heteroatoms. The summed E-state index contributed by atoms with van der Waals surface area (Å²) in [6.45, 7) is 2.00. The molecule has 0 unspecified atom stereocenters. The van der Waals surface area contributed by atoms with Crippen molar-refractivity contribution in [2.45, 2.75) is 6.92 Å². The first-order valence-electron chi connectivity index (χ1n) is 3.05. The molecule has 0 atom stereocenters. The molecule has 4 radical (unpaired) electrons. The second kappa shape index (κ2) is 3.14. The average Bonchev–Trinajstić information content (AvgIpc) is 1.88.